The smallest absolute Gasteiger partial charge is 0.353 e. The molecule has 3 N–H and O–H groups in total. The zero-order chi connectivity index (χ0) is 20.3. The van der Waals surface area contributed by atoms with Crippen LogP contribution in [0.3, 0.4) is 0 Å². The third kappa shape index (κ3) is 5.30. The fourth-order valence-electron chi connectivity index (χ4n) is 2.65. The summed E-state index contributed by atoms with van der Waals surface area (Å²) in [6.45, 7) is 0.589. The number of aromatic nitrogens is 4. The summed E-state index contributed by atoms with van der Waals surface area (Å²) >= 11 is 0. The van der Waals surface area contributed by atoms with Crippen LogP contribution in [-0.4, -0.2) is 43.5 Å². The van der Waals surface area contributed by atoms with Crippen molar-refractivity contribution in [2.24, 2.45) is 0 Å². The van der Waals surface area contributed by atoms with Crippen molar-refractivity contribution in [1.82, 2.24) is 19.5 Å². The van der Waals surface area contributed by atoms with Gasteiger partial charge in [-0.3, -0.25) is 4.57 Å². The fraction of sp³-hybridized carbons (Fsp3) is 0.389. The molecule has 0 radical (unpaired) electrons. The van der Waals surface area contributed by atoms with Gasteiger partial charge >= 0.3 is 7.60 Å². The third-order valence-corrected chi connectivity index (χ3v) is 5.30. The van der Waals surface area contributed by atoms with Crippen molar-refractivity contribution in [2.75, 3.05) is 18.7 Å². The quantitative estimate of drug-likeness (QED) is 0.375. The van der Waals surface area contributed by atoms with E-state index in [-0.39, 0.29) is 25.3 Å². The Bertz CT molecular complexity index is 1020. The van der Waals surface area contributed by atoms with Crippen LogP contribution in [0.25, 0.3) is 11.2 Å². The van der Waals surface area contributed by atoms with E-state index in [1.165, 1.54) is 0 Å². The van der Waals surface area contributed by atoms with Crippen molar-refractivity contribution in [3.63, 3.8) is 0 Å². The number of nitrogens with zero attached hydrogens (tertiary/aromatic N) is 4. The van der Waals surface area contributed by atoms with Crippen LogP contribution in [0.5, 0.6) is 5.88 Å². The Labute approximate surface area is 167 Å². The minimum absolute atomic E-state index is 0.0457. The van der Waals surface area contributed by atoms with Crippen molar-refractivity contribution in [3.05, 3.63) is 42.2 Å². The SMILES string of the molecule is Nc1nc(OC2CC2)c2ncn(CCOCP(=O)(O)OCc3ccccc3)c2n1. The lowest BCUT2D eigenvalue weighted by atomic mass is 10.2. The van der Waals surface area contributed by atoms with E-state index in [2.05, 4.69) is 15.0 Å². The van der Waals surface area contributed by atoms with E-state index >= 15 is 0 Å². The van der Waals surface area contributed by atoms with Gasteiger partial charge in [-0.15, -0.1) is 0 Å². The first kappa shape index (κ1) is 19.8. The van der Waals surface area contributed by atoms with E-state index in [0.29, 0.717) is 23.6 Å². The first-order chi connectivity index (χ1) is 14.0. The Balaban J connectivity index is 1.30. The molecule has 1 aliphatic carbocycles. The summed E-state index contributed by atoms with van der Waals surface area (Å²) in [6.07, 6.45) is 3.34. The van der Waals surface area contributed by atoms with Gasteiger partial charge in [0, 0.05) is 6.54 Å². The number of nitrogen functional groups attached to an aromatic ring is 1. The molecule has 0 amide bonds. The molecule has 29 heavy (non-hydrogen) atoms. The number of ether oxygens (including phenoxy) is 2. The maximum atomic E-state index is 12.1. The number of benzene rings is 1. The molecule has 1 saturated carbocycles. The first-order valence-corrected chi connectivity index (χ1v) is 11.0. The minimum atomic E-state index is -3.85. The van der Waals surface area contributed by atoms with Crippen LogP contribution < -0.4 is 10.5 Å². The Morgan fingerprint density at radius 1 is 1.24 bits per heavy atom. The molecule has 10 nitrogen and oxygen atoms in total. The van der Waals surface area contributed by atoms with Gasteiger partial charge in [-0.2, -0.15) is 9.97 Å². The Morgan fingerprint density at radius 3 is 2.79 bits per heavy atom. The molecule has 154 valence electrons. The number of imidazole rings is 1. The van der Waals surface area contributed by atoms with Crippen LogP contribution in [0.2, 0.25) is 0 Å². The van der Waals surface area contributed by atoms with E-state index in [0.717, 1.165) is 18.4 Å². The van der Waals surface area contributed by atoms with Gasteiger partial charge in [0.15, 0.2) is 11.2 Å². The van der Waals surface area contributed by atoms with Crippen molar-refractivity contribution >= 4 is 24.7 Å². The first-order valence-electron chi connectivity index (χ1n) is 9.23. The highest BCUT2D eigenvalue weighted by Gasteiger charge is 2.26. The number of hydrogen-bond donors (Lipinski definition) is 2. The highest BCUT2D eigenvalue weighted by Crippen LogP contribution is 2.42. The maximum Gasteiger partial charge on any atom is 0.353 e. The average molecular weight is 419 g/mol. The topological polar surface area (TPSA) is 135 Å². The second-order valence-electron chi connectivity index (χ2n) is 6.75. The van der Waals surface area contributed by atoms with Gasteiger partial charge in [0.2, 0.25) is 11.8 Å². The summed E-state index contributed by atoms with van der Waals surface area (Å²) in [5.74, 6) is 0.480. The number of anilines is 1. The molecule has 1 fully saturated rings. The summed E-state index contributed by atoms with van der Waals surface area (Å²) in [4.78, 5) is 22.5. The molecule has 11 heteroatoms. The summed E-state index contributed by atoms with van der Waals surface area (Å²) in [7, 11) is -3.85. The van der Waals surface area contributed by atoms with Gasteiger partial charge in [0.05, 0.1) is 19.5 Å². The Kier molecular flexibility index (Phi) is 5.77. The largest absolute Gasteiger partial charge is 0.473 e. The molecular formula is C18H22N5O5P. The molecule has 1 unspecified atom stereocenters. The lowest BCUT2D eigenvalue weighted by Gasteiger charge is -2.13. The molecule has 0 spiro atoms. The van der Waals surface area contributed by atoms with Crippen molar-refractivity contribution in [2.45, 2.75) is 32.1 Å². The monoisotopic (exact) mass is 419 g/mol. The predicted molar refractivity (Wildman–Crippen MR) is 105 cm³/mol. The number of hydrogen-bond acceptors (Lipinski definition) is 8. The normalized spacial score (nSPS) is 16.0. The van der Waals surface area contributed by atoms with E-state index in [1.807, 2.05) is 30.3 Å². The second kappa shape index (κ2) is 8.46. The summed E-state index contributed by atoms with van der Waals surface area (Å²) < 4.78 is 30.0. The minimum Gasteiger partial charge on any atom is -0.473 e. The van der Waals surface area contributed by atoms with Gasteiger partial charge < -0.3 is 29.2 Å². The molecule has 0 aliphatic heterocycles. The lowest BCUT2D eigenvalue weighted by Crippen LogP contribution is -2.09. The molecule has 0 saturated heterocycles. The second-order valence-corrected chi connectivity index (χ2v) is 8.54. The standard InChI is InChI=1S/C18H22N5O5P/c19-18-21-16-15(17(22-18)28-14-6-7-14)20-11-23(16)8-9-26-12-29(24,25)27-10-13-4-2-1-3-5-13/h1-5,11,14H,6-10,12H2,(H,24,25)(H2,19,21,22). The van der Waals surface area contributed by atoms with Gasteiger partial charge in [0.1, 0.15) is 12.5 Å². The molecule has 0 bridgehead atoms. The molecule has 3 aromatic rings. The third-order valence-electron chi connectivity index (χ3n) is 4.26. The molecule has 1 atom stereocenters. The van der Waals surface area contributed by atoms with E-state index in [4.69, 9.17) is 19.7 Å². The van der Waals surface area contributed by atoms with Crippen molar-refractivity contribution < 1.29 is 23.5 Å². The van der Waals surface area contributed by atoms with Crippen molar-refractivity contribution in [3.8, 4) is 5.88 Å². The molecule has 2 aromatic heterocycles. The molecule has 2 heterocycles. The van der Waals surface area contributed by atoms with E-state index in [9.17, 15) is 9.46 Å². The maximum absolute atomic E-state index is 12.1. The van der Waals surface area contributed by atoms with E-state index in [1.54, 1.807) is 10.9 Å². The van der Waals surface area contributed by atoms with Crippen LogP contribution in [-0.2, 0) is 27.0 Å². The number of rotatable bonds is 10. The van der Waals surface area contributed by atoms with Crippen LogP contribution >= 0.6 is 7.60 Å². The summed E-state index contributed by atoms with van der Waals surface area (Å²) in [6, 6.07) is 9.18. The molecule has 1 aromatic carbocycles. The fourth-order valence-corrected chi connectivity index (χ4v) is 3.44. The average Bonchev–Trinajstić information content (AvgIpc) is 3.43. The van der Waals surface area contributed by atoms with Gasteiger partial charge in [-0.25, -0.2) is 4.98 Å². The zero-order valence-corrected chi connectivity index (χ0v) is 16.6. The Hall–Kier alpha value is -2.52. The predicted octanol–water partition coefficient (Wildman–Crippen LogP) is 2.33. The number of nitrogens with two attached hydrogens (primary N) is 1. The van der Waals surface area contributed by atoms with E-state index < -0.39 is 13.9 Å². The van der Waals surface area contributed by atoms with Crippen LogP contribution in [0, 0.1) is 0 Å². The highest BCUT2D eigenvalue weighted by molar-refractivity contribution is 7.52. The zero-order valence-electron chi connectivity index (χ0n) is 15.7. The highest BCUT2D eigenvalue weighted by atomic mass is 31.2. The molecule has 1 aliphatic rings. The van der Waals surface area contributed by atoms with Crippen LogP contribution in [0.15, 0.2) is 36.7 Å². The summed E-state index contributed by atoms with van der Waals surface area (Å²) in [5.41, 5.74) is 7.66. The van der Waals surface area contributed by atoms with Crippen LogP contribution in [0.4, 0.5) is 5.95 Å². The summed E-state index contributed by atoms with van der Waals surface area (Å²) in [5, 5.41) is 0. The van der Waals surface area contributed by atoms with Gasteiger partial charge in [-0.05, 0) is 18.4 Å². The molecule has 4 rings (SSSR count). The lowest BCUT2D eigenvalue weighted by molar-refractivity contribution is 0.136. The van der Waals surface area contributed by atoms with Gasteiger partial charge in [-0.1, -0.05) is 30.3 Å². The Morgan fingerprint density at radius 2 is 2.03 bits per heavy atom. The van der Waals surface area contributed by atoms with Crippen LogP contribution in [0.1, 0.15) is 18.4 Å². The van der Waals surface area contributed by atoms with Crippen molar-refractivity contribution in [1.29, 1.82) is 0 Å². The van der Waals surface area contributed by atoms with Gasteiger partial charge in [0.25, 0.3) is 0 Å². The molecular weight excluding hydrogens is 397 g/mol. The number of fused-ring (bicyclic) bond motifs is 1.